The summed E-state index contributed by atoms with van der Waals surface area (Å²) in [6, 6.07) is 5.27. The standard InChI is InChI=1S/C18H26N2O3/c1-12(2)9-17(21)19-16-7-6-14(10-15(16)18(22)23)20-8-4-5-13(3)11-20/h6-7,10,12-13H,4-5,8-9,11H2,1-3H3,(H,19,21)(H,22,23)/t13-/m1/s1. The summed E-state index contributed by atoms with van der Waals surface area (Å²) in [6.07, 6.45) is 2.71. The van der Waals surface area contributed by atoms with Crippen LogP contribution >= 0.6 is 0 Å². The van der Waals surface area contributed by atoms with Crippen molar-refractivity contribution in [1.29, 1.82) is 0 Å². The van der Waals surface area contributed by atoms with Crippen molar-refractivity contribution in [2.24, 2.45) is 11.8 Å². The molecule has 0 radical (unpaired) electrons. The van der Waals surface area contributed by atoms with Crippen LogP contribution in [0.15, 0.2) is 18.2 Å². The second-order valence-electron chi connectivity index (χ2n) is 6.87. The molecule has 5 heteroatoms. The predicted octanol–water partition coefficient (Wildman–Crippen LogP) is 3.61. The lowest BCUT2D eigenvalue weighted by Crippen LogP contribution is -2.34. The molecule has 1 fully saturated rings. The Kier molecular flexibility index (Phi) is 5.64. The number of amides is 1. The molecule has 0 spiro atoms. The van der Waals surface area contributed by atoms with E-state index in [1.165, 1.54) is 6.42 Å². The lowest BCUT2D eigenvalue weighted by atomic mass is 9.99. The van der Waals surface area contributed by atoms with Gasteiger partial charge in [0.15, 0.2) is 0 Å². The largest absolute Gasteiger partial charge is 0.478 e. The molecule has 1 atom stereocenters. The van der Waals surface area contributed by atoms with Crippen molar-refractivity contribution in [3.63, 3.8) is 0 Å². The van der Waals surface area contributed by atoms with Gasteiger partial charge in [-0.05, 0) is 42.9 Å². The first-order valence-corrected chi connectivity index (χ1v) is 8.29. The molecule has 1 aliphatic rings. The SMILES string of the molecule is CC(C)CC(=O)Nc1ccc(N2CCC[C@@H](C)C2)cc1C(=O)O. The van der Waals surface area contributed by atoms with Gasteiger partial charge in [0.25, 0.3) is 0 Å². The van der Waals surface area contributed by atoms with Gasteiger partial charge < -0.3 is 15.3 Å². The van der Waals surface area contributed by atoms with E-state index in [0.29, 0.717) is 18.0 Å². The first-order valence-electron chi connectivity index (χ1n) is 8.29. The zero-order valence-electron chi connectivity index (χ0n) is 14.1. The number of hydrogen-bond donors (Lipinski definition) is 2. The van der Waals surface area contributed by atoms with Crippen molar-refractivity contribution >= 4 is 23.3 Å². The van der Waals surface area contributed by atoms with E-state index in [1.807, 2.05) is 19.9 Å². The van der Waals surface area contributed by atoms with E-state index >= 15 is 0 Å². The monoisotopic (exact) mass is 318 g/mol. The van der Waals surface area contributed by atoms with E-state index in [-0.39, 0.29) is 17.4 Å². The van der Waals surface area contributed by atoms with Crippen LogP contribution in [-0.2, 0) is 4.79 Å². The summed E-state index contributed by atoms with van der Waals surface area (Å²) in [5.41, 5.74) is 1.44. The maximum atomic E-state index is 11.9. The predicted molar refractivity (Wildman–Crippen MR) is 92.1 cm³/mol. The highest BCUT2D eigenvalue weighted by atomic mass is 16.4. The number of carboxylic acid groups (broad SMARTS) is 1. The van der Waals surface area contributed by atoms with Crippen LogP contribution in [0.3, 0.4) is 0 Å². The zero-order valence-corrected chi connectivity index (χ0v) is 14.1. The van der Waals surface area contributed by atoms with Crippen LogP contribution in [-0.4, -0.2) is 30.1 Å². The minimum absolute atomic E-state index is 0.151. The number of benzene rings is 1. The van der Waals surface area contributed by atoms with Crippen molar-refractivity contribution in [3.05, 3.63) is 23.8 Å². The van der Waals surface area contributed by atoms with Gasteiger partial charge >= 0.3 is 5.97 Å². The van der Waals surface area contributed by atoms with E-state index in [4.69, 9.17) is 0 Å². The van der Waals surface area contributed by atoms with E-state index in [9.17, 15) is 14.7 Å². The number of carbonyl (C=O) groups excluding carboxylic acids is 1. The van der Waals surface area contributed by atoms with Crippen molar-refractivity contribution in [2.75, 3.05) is 23.3 Å². The van der Waals surface area contributed by atoms with Crippen LogP contribution in [0.4, 0.5) is 11.4 Å². The van der Waals surface area contributed by atoms with Gasteiger partial charge in [0.1, 0.15) is 0 Å². The molecule has 2 rings (SSSR count). The number of aromatic carboxylic acids is 1. The number of rotatable bonds is 5. The number of carbonyl (C=O) groups is 2. The number of anilines is 2. The molecule has 2 N–H and O–H groups in total. The van der Waals surface area contributed by atoms with Gasteiger partial charge in [-0.1, -0.05) is 20.8 Å². The Morgan fingerprint density at radius 2 is 2.13 bits per heavy atom. The molecule has 0 aromatic heterocycles. The van der Waals surface area contributed by atoms with Gasteiger partial charge in [0, 0.05) is 25.2 Å². The molecule has 1 aromatic rings. The third-order valence-corrected chi connectivity index (χ3v) is 4.12. The molecule has 1 aliphatic heterocycles. The van der Waals surface area contributed by atoms with Crippen LogP contribution in [0.5, 0.6) is 0 Å². The minimum Gasteiger partial charge on any atom is -0.478 e. The van der Waals surface area contributed by atoms with E-state index < -0.39 is 5.97 Å². The fourth-order valence-electron chi connectivity index (χ4n) is 3.01. The fourth-order valence-corrected chi connectivity index (χ4v) is 3.01. The molecule has 5 nitrogen and oxygen atoms in total. The van der Waals surface area contributed by atoms with E-state index in [1.54, 1.807) is 12.1 Å². The third kappa shape index (κ3) is 4.71. The average molecular weight is 318 g/mol. The Labute approximate surface area is 137 Å². The van der Waals surface area contributed by atoms with E-state index in [2.05, 4.69) is 17.1 Å². The Morgan fingerprint density at radius 3 is 2.74 bits per heavy atom. The van der Waals surface area contributed by atoms with Crippen molar-refractivity contribution in [3.8, 4) is 0 Å². The normalized spacial score (nSPS) is 18.1. The van der Waals surface area contributed by atoms with Gasteiger partial charge in [-0.15, -0.1) is 0 Å². The van der Waals surface area contributed by atoms with Gasteiger partial charge in [-0.2, -0.15) is 0 Å². The quantitative estimate of drug-likeness (QED) is 0.870. The molecule has 1 aromatic carbocycles. The van der Waals surface area contributed by atoms with Crippen molar-refractivity contribution < 1.29 is 14.7 Å². The molecule has 0 unspecified atom stereocenters. The maximum Gasteiger partial charge on any atom is 0.337 e. The molecule has 1 saturated heterocycles. The average Bonchev–Trinajstić information content (AvgIpc) is 2.46. The molecule has 0 bridgehead atoms. The lowest BCUT2D eigenvalue weighted by molar-refractivity contribution is -0.116. The number of carboxylic acids is 1. The van der Waals surface area contributed by atoms with Crippen LogP contribution in [0.2, 0.25) is 0 Å². The van der Waals surface area contributed by atoms with Crippen molar-refractivity contribution in [2.45, 2.75) is 40.0 Å². The molecular weight excluding hydrogens is 292 g/mol. The fraction of sp³-hybridized carbons (Fsp3) is 0.556. The number of piperidine rings is 1. The lowest BCUT2D eigenvalue weighted by Gasteiger charge is -2.33. The number of nitrogens with zero attached hydrogens (tertiary/aromatic N) is 1. The molecule has 0 aliphatic carbocycles. The Hall–Kier alpha value is -2.04. The first kappa shape index (κ1) is 17.3. The summed E-state index contributed by atoms with van der Waals surface area (Å²) >= 11 is 0. The summed E-state index contributed by atoms with van der Waals surface area (Å²) in [4.78, 5) is 25.7. The summed E-state index contributed by atoms with van der Waals surface area (Å²) in [6.45, 7) is 8.02. The summed E-state index contributed by atoms with van der Waals surface area (Å²) < 4.78 is 0. The number of hydrogen-bond acceptors (Lipinski definition) is 3. The molecule has 126 valence electrons. The Balaban J connectivity index is 2.21. The second-order valence-corrected chi connectivity index (χ2v) is 6.87. The molecule has 1 amide bonds. The van der Waals surface area contributed by atoms with Crippen LogP contribution in [0.1, 0.15) is 50.4 Å². The maximum absolute atomic E-state index is 11.9. The summed E-state index contributed by atoms with van der Waals surface area (Å²) in [7, 11) is 0. The molecular formula is C18H26N2O3. The minimum atomic E-state index is -1.02. The van der Waals surface area contributed by atoms with Gasteiger partial charge in [0.2, 0.25) is 5.91 Å². The summed E-state index contributed by atoms with van der Waals surface area (Å²) in [5, 5.41) is 12.2. The zero-order chi connectivity index (χ0) is 17.0. The molecule has 0 saturated carbocycles. The van der Waals surface area contributed by atoms with Gasteiger partial charge in [-0.25, -0.2) is 4.79 Å². The third-order valence-electron chi connectivity index (χ3n) is 4.12. The summed E-state index contributed by atoms with van der Waals surface area (Å²) in [5.74, 6) is -0.321. The molecule has 23 heavy (non-hydrogen) atoms. The first-order chi connectivity index (χ1) is 10.9. The van der Waals surface area contributed by atoms with Crippen LogP contribution in [0, 0.1) is 11.8 Å². The van der Waals surface area contributed by atoms with Crippen LogP contribution in [0.25, 0.3) is 0 Å². The highest BCUT2D eigenvalue weighted by molar-refractivity contribution is 6.01. The van der Waals surface area contributed by atoms with E-state index in [0.717, 1.165) is 25.2 Å². The highest BCUT2D eigenvalue weighted by Crippen LogP contribution is 2.27. The second kappa shape index (κ2) is 7.49. The Bertz CT molecular complexity index is 584. The smallest absolute Gasteiger partial charge is 0.337 e. The Morgan fingerprint density at radius 1 is 1.39 bits per heavy atom. The van der Waals surface area contributed by atoms with Gasteiger partial charge in [0.05, 0.1) is 11.3 Å². The number of nitrogens with one attached hydrogen (secondary N) is 1. The topological polar surface area (TPSA) is 69.6 Å². The molecule has 1 heterocycles. The van der Waals surface area contributed by atoms with Gasteiger partial charge in [-0.3, -0.25) is 4.79 Å². The van der Waals surface area contributed by atoms with Crippen LogP contribution < -0.4 is 10.2 Å². The van der Waals surface area contributed by atoms with Crippen molar-refractivity contribution in [1.82, 2.24) is 0 Å². The highest BCUT2D eigenvalue weighted by Gasteiger charge is 2.20.